The normalized spacial score (nSPS) is 14.2. The Labute approximate surface area is 264 Å². The van der Waals surface area contributed by atoms with Gasteiger partial charge in [-0.3, -0.25) is 14.3 Å². The molecule has 9 heteroatoms. The lowest BCUT2D eigenvalue weighted by molar-refractivity contribution is 0.0689. The Hall–Kier alpha value is -3.56. The van der Waals surface area contributed by atoms with E-state index in [1.165, 1.54) is 26.4 Å². The van der Waals surface area contributed by atoms with Gasteiger partial charge in [0.15, 0.2) is 6.73 Å². The SMILES string of the molecule is CC(C)CN(CC(C)C)C(=O)OCn1c(=O)ccc2ccc(OCCCCN3CCN(c4cccc5sccc45)CC3)cc21. The molecule has 1 aliphatic rings. The zero-order valence-corrected chi connectivity index (χ0v) is 27.4. The van der Waals surface area contributed by atoms with E-state index in [0.717, 1.165) is 51.0 Å². The van der Waals surface area contributed by atoms with Crippen molar-refractivity contribution in [1.29, 1.82) is 0 Å². The summed E-state index contributed by atoms with van der Waals surface area (Å²) >= 11 is 1.81. The van der Waals surface area contributed by atoms with E-state index in [4.69, 9.17) is 9.47 Å². The quantitative estimate of drug-likeness (QED) is 0.152. The fraction of sp³-hybridized carbons (Fsp3) is 0.486. The van der Waals surface area contributed by atoms with Crippen molar-refractivity contribution in [2.24, 2.45) is 11.8 Å². The summed E-state index contributed by atoms with van der Waals surface area (Å²) in [5, 5.41) is 4.44. The van der Waals surface area contributed by atoms with Crippen molar-refractivity contribution in [2.45, 2.75) is 47.3 Å². The fourth-order valence-electron chi connectivity index (χ4n) is 5.90. The van der Waals surface area contributed by atoms with Gasteiger partial charge in [0.25, 0.3) is 5.56 Å². The molecule has 1 fully saturated rings. The fourth-order valence-corrected chi connectivity index (χ4v) is 6.71. The molecule has 1 saturated heterocycles. The maximum Gasteiger partial charge on any atom is 0.411 e. The Balaban J connectivity index is 1.10. The Bertz CT molecular complexity index is 1580. The second kappa shape index (κ2) is 14.9. The van der Waals surface area contributed by atoms with Crippen LogP contribution in [0.25, 0.3) is 21.0 Å². The molecular formula is C35H46N4O4S. The van der Waals surface area contributed by atoms with Crippen molar-refractivity contribution >= 4 is 44.1 Å². The highest BCUT2D eigenvalue weighted by Crippen LogP contribution is 2.31. The number of anilines is 1. The average Bonchev–Trinajstić information content (AvgIpc) is 3.49. The third kappa shape index (κ3) is 8.12. The molecule has 44 heavy (non-hydrogen) atoms. The van der Waals surface area contributed by atoms with Crippen LogP contribution in [0.5, 0.6) is 5.75 Å². The van der Waals surface area contributed by atoms with Gasteiger partial charge < -0.3 is 19.3 Å². The van der Waals surface area contributed by atoms with Gasteiger partial charge in [0.2, 0.25) is 0 Å². The number of piperazine rings is 1. The van der Waals surface area contributed by atoms with Gasteiger partial charge in [-0.25, -0.2) is 4.79 Å². The summed E-state index contributed by atoms with van der Waals surface area (Å²) in [5.41, 5.74) is 1.84. The first-order chi connectivity index (χ1) is 21.3. The topological polar surface area (TPSA) is 67.2 Å². The van der Waals surface area contributed by atoms with Crippen LogP contribution in [0.4, 0.5) is 10.5 Å². The van der Waals surface area contributed by atoms with Crippen LogP contribution in [-0.2, 0) is 11.5 Å². The molecule has 2 aromatic carbocycles. The van der Waals surface area contributed by atoms with E-state index in [-0.39, 0.29) is 12.3 Å². The van der Waals surface area contributed by atoms with Crippen molar-refractivity contribution < 1.29 is 14.3 Å². The first kappa shape index (κ1) is 31.9. The van der Waals surface area contributed by atoms with Gasteiger partial charge in [-0.05, 0) is 78.4 Å². The van der Waals surface area contributed by atoms with E-state index < -0.39 is 6.09 Å². The number of aromatic nitrogens is 1. The molecule has 0 unspecified atom stereocenters. The van der Waals surface area contributed by atoms with E-state index in [1.807, 2.05) is 18.2 Å². The Morgan fingerprint density at radius 2 is 1.68 bits per heavy atom. The van der Waals surface area contributed by atoms with Gasteiger partial charge in [-0.1, -0.05) is 33.8 Å². The minimum absolute atomic E-state index is 0.138. The highest BCUT2D eigenvalue weighted by atomic mass is 32.1. The summed E-state index contributed by atoms with van der Waals surface area (Å²) in [6.45, 7) is 15.3. The van der Waals surface area contributed by atoms with E-state index in [0.29, 0.717) is 42.8 Å². The molecule has 0 spiro atoms. The number of rotatable bonds is 13. The smallest absolute Gasteiger partial charge is 0.411 e. The van der Waals surface area contributed by atoms with Crippen LogP contribution >= 0.6 is 11.3 Å². The van der Waals surface area contributed by atoms with Gasteiger partial charge in [-0.15, -0.1) is 11.3 Å². The second-order valence-electron chi connectivity index (χ2n) is 12.5. The number of carbonyl (C=O) groups excluding carboxylic acids is 1. The number of benzene rings is 2. The zero-order chi connectivity index (χ0) is 31.1. The maximum atomic E-state index is 12.9. The molecule has 8 nitrogen and oxygen atoms in total. The number of fused-ring (bicyclic) bond motifs is 2. The molecule has 0 bridgehead atoms. The molecule has 0 atom stereocenters. The van der Waals surface area contributed by atoms with E-state index in [2.05, 4.69) is 67.1 Å². The Morgan fingerprint density at radius 3 is 2.43 bits per heavy atom. The lowest BCUT2D eigenvalue weighted by Gasteiger charge is -2.36. The predicted octanol–water partition coefficient (Wildman–Crippen LogP) is 6.91. The number of hydrogen-bond donors (Lipinski definition) is 0. The minimum atomic E-state index is -0.398. The summed E-state index contributed by atoms with van der Waals surface area (Å²) < 4.78 is 14.6. The average molecular weight is 619 g/mol. The molecule has 236 valence electrons. The molecular weight excluding hydrogens is 572 g/mol. The lowest BCUT2D eigenvalue weighted by atomic mass is 10.1. The van der Waals surface area contributed by atoms with Gasteiger partial charge >= 0.3 is 6.09 Å². The summed E-state index contributed by atoms with van der Waals surface area (Å²) in [4.78, 5) is 32.5. The highest BCUT2D eigenvalue weighted by Gasteiger charge is 2.20. The molecule has 0 N–H and O–H groups in total. The van der Waals surface area contributed by atoms with Crippen molar-refractivity contribution in [3.05, 3.63) is 70.3 Å². The van der Waals surface area contributed by atoms with Crippen LogP contribution in [0.1, 0.15) is 40.5 Å². The lowest BCUT2D eigenvalue weighted by Crippen LogP contribution is -2.46. The number of pyridine rings is 1. The van der Waals surface area contributed by atoms with Crippen molar-refractivity contribution in [3.63, 3.8) is 0 Å². The molecule has 5 rings (SSSR count). The molecule has 0 radical (unpaired) electrons. The molecule has 1 aliphatic heterocycles. The third-order valence-electron chi connectivity index (χ3n) is 8.03. The van der Waals surface area contributed by atoms with Crippen LogP contribution in [0, 0.1) is 11.8 Å². The molecule has 3 heterocycles. The number of hydrogen-bond acceptors (Lipinski definition) is 7. The van der Waals surface area contributed by atoms with Crippen LogP contribution in [0.2, 0.25) is 0 Å². The highest BCUT2D eigenvalue weighted by molar-refractivity contribution is 7.17. The maximum absolute atomic E-state index is 12.9. The molecule has 1 amide bonds. The van der Waals surface area contributed by atoms with Crippen LogP contribution < -0.4 is 15.2 Å². The Kier molecular flexibility index (Phi) is 10.8. The van der Waals surface area contributed by atoms with Crippen molar-refractivity contribution in [1.82, 2.24) is 14.4 Å². The molecule has 0 saturated carbocycles. The van der Waals surface area contributed by atoms with Crippen molar-refractivity contribution in [3.8, 4) is 5.75 Å². The number of amides is 1. The van der Waals surface area contributed by atoms with Crippen LogP contribution in [0.3, 0.4) is 0 Å². The van der Waals surface area contributed by atoms with Gasteiger partial charge in [-0.2, -0.15) is 0 Å². The third-order valence-corrected chi connectivity index (χ3v) is 8.92. The van der Waals surface area contributed by atoms with Gasteiger partial charge in [0, 0.05) is 67.2 Å². The number of unbranched alkanes of at least 4 members (excludes halogenated alkanes) is 1. The monoisotopic (exact) mass is 618 g/mol. The standard InChI is InChI=1S/C35H46N4O4S/c1-26(2)23-38(24-27(3)4)35(41)43-25-39-32-22-29(12-10-28(32)11-13-34(39)40)42-20-6-5-15-36-16-18-37(19-17-36)31-8-7-9-33-30(31)14-21-44-33/h7-14,21-22,26-27H,5-6,15-20,23-25H2,1-4H3. The molecule has 4 aromatic rings. The zero-order valence-electron chi connectivity index (χ0n) is 26.5. The number of nitrogens with zero attached hydrogens (tertiary/aromatic N) is 4. The number of thiophene rings is 1. The summed E-state index contributed by atoms with van der Waals surface area (Å²) in [6, 6.07) is 17.9. The largest absolute Gasteiger partial charge is 0.494 e. The number of carbonyl (C=O) groups is 1. The molecule has 0 aliphatic carbocycles. The van der Waals surface area contributed by atoms with E-state index in [1.54, 1.807) is 22.3 Å². The number of ether oxygens (including phenoxy) is 2. The predicted molar refractivity (Wildman–Crippen MR) is 181 cm³/mol. The van der Waals surface area contributed by atoms with Crippen LogP contribution in [-0.4, -0.2) is 72.9 Å². The van der Waals surface area contributed by atoms with E-state index in [9.17, 15) is 9.59 Å². The van der Waals surface area contributed by atoms with Crippen LogP contribution in [0.15, 0.2) is 64.8 Å². The summed E-state index contributed by atoms with van der Waals surface area (Å²) in [5.74, 6) is 1.35. The first-order valence-corrected chi connectivity index (χ1v) is 16.8. The summed E-state index contributed by atoms with van der Waals surface area (Å²) in [7, 11) is 0. The second-order valence-corrected chi connectivity index (χ2v) is 13.5. The van der Waals surface area contributed by atoms with Gasteiger partial charge in [0.1, 0.15) is 5.75 Å². The summed E-state index contributed by atoms with van der Waals surface area (Å²) in [6.07, 6.45) is 1.62. The Morgan fingerprint density at radius 1 is 0.932 bits per heavy atom. The molecule has 2 aromatic heterocycles. The minimum Gasteiger partial charge on any atom is -0.494 e. The van der Waals surface area contributed by atoms with Gasteiger partial charge in [0.05, 0.1) is 12.1 Å². The first-order valence-electron chi connectivity index (χ1n) is 15.9. The van der Waals surface area contributed by atoms with E-state index >= 15 is 0 Å². The van der Waals surface area contributed by atoms with Crippen molar-refractivity contribution in [2.75, 3.05) is 57.3 Å².